The first-order valence-corrected chi connectivity index (χ1v) is 6.09. The summed E-state index contributed by atoms with van der Waals surface area (Å²) < 4.78 is 15.6. The van der Waals surface area contributed by atoms with Crippen LogP contribution in [0.1, 0.15) is 31.7 Å². The fourth-order valence-electron chi connectivity index (χ4n) is 1.68. The lowest BCUT2D eigenvalue weighted by Crippen LogP contribution is -2.00. The maximum Gasteiger partial charge on any atom is 0.188 e. The minimum Gasteiger partial charge on any atom is -0.497 e. The highest BCUT2D eigenvalue weighted by molar-refractivity contribution is 5.38. The average Bonchev–Trinajstić information content (AvgIpc) is 2.36. The maximum atomic E-state index is 5.44. The van der Waals surface area contributed by atoms with Crippen LogP contribution in [0.5, 0.6) is 11.5 Å². The fraction of sp³-hybridized carbons (Fsp3) is 0.571. The van der Waals surface area contributed by atoms with Gasteiger partial charge in [-0.05, 0) is 30.5 Å². The van der Waals surface area contributed by atoms with Gasteiger partial charge in [-0.15, -0.1) is 0 Å². The lowest BCUT2D eigenvalue weighted by Gasteiger charge is -2.10. The Morgan fingerprint density at radius 1 is 1.00 bits per heavy atom. The summed E-state index contributed by atoms with van der Waals surface area (Å²) in [7, 11) is 3.29. The molecule has 0 atom stereocenters. The second-order valence-electron chi connectivity index (χ2n) is 4.02. The molecule has 0 radical (unpaired) electrons. The minimum absolute atomic E-state index is 0.265. The van der Waals surface area contributed by atoms with Crippen LogP contribution in [-0.4, -0.2) is 21.0 Å². The predicted molar refractivity (Wildman–Crippen MR) is 68.7 cm³/mol. The molecule has 0 aliphatic rings. The summed E-state index contributed by atoms with van der Waals surface area (Å²) in [6, 6.07) is 5.99. The summed E-state index contributed by atoms with van der Waals surface area (Å²) in [5, 5.41) is 0. The third-order valence-electron chi connectivity index (χ3n) is 2.59. The van der Waals surface area contributed by atoms with Gasteiger partial charge >= 0.3 is 0 Å². The molecule has 1 aromatic carbocycles. The van der Waals surface area contributed by atoms with Crippen LogP contribution in [-0.2, 0) is 11.2 Å². The van der Waals surface area contributed by atoms with Crippen LogP contribution in [0.4, 0.5) is 0 Å². The van der Waals surface area contributed by atoms with E-state index in [0.29, 0.717) is 0 Å². The quantitative estimate of drug-likeness (QED) is 0.513. The molecule has 3 heteroatoms. The lowest BCUT2D eigenvalue weighted by molar-refractivity contribution is 0.0509. The van der Waals surface area contributed by atoms with Crippen molar-refractivity contribution in [2.24, 2.45) is 0 Å². The zero-order chi connectivity index (χ0) is 12.5. The van der Waals surface area contributed by atoms with Crippen LogP contribution < -0.4 is 9.47 Å². The molecule has 0 aliphatic carbocycles. The van der Waals surface area contributed by atoms with E-state index in [1.807, 2.05) is 6.07 Å². The van der Waals surface area contributed by atoms with Crippen molar-refractivity contribution in [3.63, 3.8) is 0 Å². The van der Waals surface area contributed by atoms with E-state index in [0.717, 1.165) is 17.9 Å². The van der Waals surface area contributed by atoms with E-state index in [9.17, 15) is 0 Å². The van der Waals surface area contributed by atoms with E-state index < -0.39 is 0 Å². The molecule has 0 aromatic heterocycles. The molecule has 1 rings (SSSR count). The van der Waals surface area contributed by atoms with Crippen molar-refractivity contribution < 1.29 is 14.2 Å². The van der Waals surface area contributed by atoms with Gasteiger partial charge in [0.2, 0.25) is 0 Å². The Labute approximate surface area is 104 Å². The number of unbranched alkanes of at least 4 members (excludes halogenated alkanes) is 2. The fourth-order valence-corrected chi connectivity index (χ4v) is 1.68. The molecule has 0 aliphatic heterocycles. The third kappa shape index (κ3) is 5.09. The van der Waals surface area contributed by atoms with Crippen molar-refractivity contribution in [2.45, 2.75) is 32.6 Å². The minimum atomic E-state index is 0.265. The number of hydrogen-bond acceptors (Lipinski definition) is 3. The van der Waals surface area contributed by atoms with Crippen LogP contribution in [0.25, 0.3) is 0 Å². The SMILES string of the molecule is CCCCCc1cc(OC)cc(OCOC)c1. The molecule has 0 N–H and O–H groups in total. The summed E-state index contributed by atoms with van der Waals surface area (Å²) in [5.41, 5.74) is 1.25. The molecule has 1 aromatic rings. The Morgan fingerprint density at radius 3 is 2.41 bits per heavy atom. The van der Waals surface area contributed by atoms with Crippen molar-refractivity contribution in [1.29, 1.82) is 0 Å². The van der Waals surface area contributed by atoms with Crippen molar-refractivity contribution >= 4 is 0 Å². The van der Waals surface area contributed by atoms with Gasteiger partial charge in [0.25, 0.3) is 0 Å². The number of ether oxygens (including phenoxy) is 3. The normalized spacial score (nSPS) is 10.3. The highest BCUT2D eigenvalue weighted by Gasteiger charge is 2.02. The van der Waals surface area contributed by atoms with E-state index in [1.54, 1.807) is 14.2 Å². The largest absolute Gasteiger partial charge is 0.497 e. The second kappa shape index (κ2) is 7.96. The molecule has 0 fully saturated rings. The summed E-state index contributed by atoms with van der Waals surface area (Å²) >= 11 is 0. The standard InChI is InChI=1S/C14H22O3/c1-4-5-6-7-12-8-13(16-3)10-14(9-12)17-11-15-2/h8-10H,4-7,11H2,1-3H3. The molecule has 0 amide bonds. The third-order valence-corrected chi connectivity index (χ3v) is 2.59. The summed E-state index contributed by atoms with van der Waals surface area (Å²) in [6.45, 7) is 2.47. The van der Waals surface area contributed by atoms with Crippen molar-refractivity contribution in [1.82, 2.24) is 0 Å². The zero-order valence-corrected chi connectivity index (χ0v) is 11.0. The molecule has 0 saturated heterocycles. The number of hydrogen-bond donors (Lipinski definition) is 0. The summed E-state index contributed by atoms with van der Waals surface area (Å²) in [6.07, 6.45) is 4.75. The van der Waals surface area contributed by atoms with Crippen molar-refractivity contribution in [3.8, 4) is 11.5 Å². The van der Waals surface area contributed by atoms with Crippen LogP contribution in [0.15, 0.2) is 18.2 Å². The average molecular weight is 238 g/mol. The summed E-state index contributed by atoms with van der Waals surface area (Å²) in [4.78, 5) is 0. The van der Waals surface area contributed by atoms with Gasteiger partial charge < -0.3 is 14.2 Å². The van der Waals surface area contributed by atoms with Gasteiger partial charge in [0.15, 0.2) is 6.79 Å². The Balaban J connectivity index is 2.67. The van der Waals surface area contributed by atoms with E-state index in [1.165, 1.54) is 24.8 Å². The molecule has 0 saturated carbocycles. The smallest absolute Gasteiger partial charge is 0.188 e. The Hall–Kier alpha value is -1.22. The van der Waals surface area contributed by atoms with Crippen LogP contribution >= 0.6 is 0 Å². The van der Waals surface area contributed by atoms with Gasteiger partial charge in [-0.2, -0.15) is 0 Å². The Kier molecular flexibility index (Phi) is 6.48. The lowest BCUT2D eigenvalue weighted by atomic mass is 10.1. The molecule has 96 valence electrons. The van der Waals surface area contributed by atoms with Gasteiger partial charge in [0.05, 0.1) is 7.11 Å². The Bertz CT molecular complexity index is 323. The highest BCUT2D eigenvalue weighted by Crippen LogP contribution is 2.24. The maximum absolute atomic E-state index is 5.44. The molecule has 0 heterocycles. The zero-order valence-electron chi connectivity index (χ0n) is 11.0. The van der Waals surface area contributed by atoms with Crippen LogP contribution in [0, 0.1) is 0 Å². The Morgan fingerprint density at radius 2 is 1.76 bits per heavy atom. The van der Waals surface area contributed by atoms with E-state index in [2.05, 4.69) is 19.1 Å². The van der Waals surface area contributed by atoms with Gasteiger partial charge in [0, 0.05) is 13.2 Å². The molecule has 0 unspecified atom stereocenters. The molecular weight excluding hydrogens is 216 g/mol. The molecule has 0 bridgehead atoms. The predicted octanol–water partition coefficient (Wildman–Crippen LogP) is 3.41. The number of rotatable bonds is 8. The first-order valence-electron chi connectivity index (χ1n) is 6.09. The number of benzene rings is 1. The van der Waals surface area contributed by atoms with Gasteiger partial charge in [0.1, 0.15) is 11.5 Å². The summed E-state index contributed by atoms with van der Waals surface area (Å²) in [5.74, 6) is 1.64. The van der Waals surface area contributed by atoms with Gasteiger partial charge in [-0.25, -0.2) is 0 Å². The highest BCUT2D eigenvalue weighted by atomic mass is 16.7. The number of methoxy groups -OCH3 is 2. The monoisotopic (exact) mass is 238 g/mol. The first kappa shape index (κ1) is 13.8. The van der Waals surface area contributed by atoms with Crippen molar-refractivity contribution in [2.75, 3.05) is 21.0 Å². The van der Waals surface area contributed by atoms with E-state index in [-0.39, 0.29) is 6.79 Å². The molecular formula is C14H22O3. The topological polar surface area (TPSA) is 27.7 Å². The van der Waals surface area contributed by atoms with Gasteiger partial charge in [-0.1, -0.05) is 19.8 Å². The van der Waals surface area contributed by atoms with E-state index in [4.69, 9.17) is 14.2 Å². The molecule has 3 nitrogen and oxygen atoms in total. The van der Waals surface area contributed by atoms with E-state index >= 15 is 0 Å². The molecule has 17 heavy (non-hydrogen) atoms. The molecule has 0 spiro atoms. The van der Waals surface area contributed by atoms with Gasteiger partial charge in [-0.3, -0.25) is 0 Å². The van der Waals surface area contributed by atoms with Crippen LogP contribution in [0.3, 0.4) is 0 Å². The van der Waals surface area contributed by atoms with Crippen molar-refractivity contribution in [3.05, 3.63) is 23.8 Å². The number of aryl methyl sites for hydroxylation is 1. The second-order valence-corrected chi connectivity index (χ2v) is 4.02. The van der Waals surface area contributed by atoms with Crippen LogP contribution in [0.2, 0.25) is 0 Å². The first-order chi connectivity index (χ1) is 8.30.